The third-order valence-corrected chi connectivity index (χ3v) is 3.19. The molecule has 0 atom stereocenters. The Hall–Kier alpha value is -1.45. The number of hydrogen-bond donors (Lipinski definition) is 1. The Kier molecular flexibility index (Phi) is 3.17. The summed E-state index contributed by atoms with van der Waals surface area (Å²) in [6.45, 7) is 0.951. The lowest BCUT2D eigenvalue weighted by molar-refractivity contribution is 0.0663. The molecule has 0 bridgehead atoms. The number of carboxylic acid groups (broad SMARTS) is 1. The number of anilines is 1. The van der Waals surface area contributed by atoms with E-state index in [1.54, 1.807) is 6.07 Å². The molecular formula is C12H17NO3. The summed E-state index contributed by atoms with van der Waals surface area (Å²) in [5.74, 6) is 0.362. The number of rotatable bonds is 4. The van der Waals surface area contributed by atoms with E-state index in [2.05, 4.69) is 0 Å². The quantitative estimate of drug-likeness (QED) is 0.852. The summed E-state index contributed by atoms with van der Waals surface area (Å²) in [6.07, 6.45) is 5.18. The van der Waals surface area contributed by atoms with Gasteiger partial charge in [0, 0.05) is 19.7 Å². The second-order valence-electron chi connectivity index (χ2n) is 4.47. The highest BCUT2D eigenvalue weighted by atomic mass is 16.4. The van der Waals surface area contributed by atoms with Gasteiger partial charge in [0.25, 0.3) is 0 Å². The molecule has 1 aromatic heterocycles. The second-order valence-corrected chi connectivity index (χ2v) is 4.47. The first-order valence-corrected chi connectivity index (χ1v) is 5.71. The van der Waals surface area contributed by atoms with Crippen LogP contribution in [0.3, 0.4) is 0 Å². The van der Waals surface area contributed by atoms with E-state index in [0.29, 0.717) is 5.88 Å². The maximum absolute atomic E-state index is 10.7. The van der Waals surface area contributed by atoms with Gasteiger partial charge in [-0.05, 0) is 24.8 Å². The molecule has 1 aromatic rings. The van der Waals surface area contributed by atoms with E-state index in [0.717, 1.165) is 12.5 Å². The third-order valence-electron chi connectivity index (χ3n) is 3.19. The van der Waals surface area contributed by atoms with Crippen LogP contribution >= 0.6 is 0 Å². The molecule has 88 valence electrons. The van der Waals surface area contributed by atoms with Gasteiger partial charge in [0.2, 0.25) is 5.76 Å². The standard InChI is InChI=1S/C12H17NO3/c1-13(8-9-4-2-3-5-9)11-7-6-10(16-11)12(14)15/h6-7,9H,2-5,8H2,1H3,(H,14,15). The van der Waals surface area contributed by atoms with Gasteiger partial charge in [0.05, 0.1) is 0 Å². The van der Waals surface area contributed by atoms with E-state index in [1.807, 2.05) is 11.9 Å². The van der Waals surface area contributed by atoms with Crippen molar-refractivity contribution in [2.24, 2.45) is 5.92 Å². The summed E-state index contributed by atoms with van der Waals surface area (Å²) in [4.78, 5) is 12.7. The van der Waals surface area contributed by atoms with Gasteiger partial charge in [-0.25, -0.2) is 4.79 Å². The highest BCUT2D eigenvalue weighted by Gasteiger charge is 2.19. The van der Waals surface area contributed by atoms with Crippen LogP contribution in [0.15, 0.2) is 16.5 Å². The first-order valence-electron chi connectivity index (χ1n) is 5.71. The number of aromatic carboxylic acids is 1. The van der Waals surface area contributed by atoms with Crippen molar-refractivity contribution in [2.45, 2.75) is 25.7 Å². The summed E-state index contributed by atoms with van der Waals surface area (Å²) < 4.78 is 5.24. The van der Waals surface area contributed by atoms with Gasteiger partial charge in [0.1, 0.15) is 0 Å². The van der Waals surface area contributed by atoms with Crippen LogP contribution in [0.5, 0.6) is 0 Å². The normalized spacial score (nSPS) is 16.6. The molecule has 1 aliphatic rings. The number of carboxylic acids is 1. The molecule has 4 heteroatoms. The lowest BCUT2D eigenvalue weighted by Crippen LogP contribution is -2.23. The molecule has 1 heterocycles. The zero-order valence-electron chi connectivity index (χ0n) is 9.48. The zero-order valence-corrected chi connectivity index (χ0v) is 9.48. The fourth-order valence-corrected chi connectivity index (χ4v) is 2.32. The van der Waals surface area contributed by atoms with Crippen molar-refractivity contribution in [1.29, 1.82) is 0 Å². The smallest absolute Gasteiger partial charge is 0.371 e. The van der Waals surface area contributed by atoms with Crippen molar-refractivity contribution < 1.29 is 14.3 Å². The molecule has 2 rings (SSSR count). The van der Waals surface area contributed by atoms with Crippen molar-refractivity contribution in [1.82, 2.24) is 0 Å². The fourth-order valence-electron chi connectivity index (χ4n) is 2.32. The molecule has 0 aromatic carbocycles. The predicted molar refractivity (Wildman–Crippen MR) is 60.9 cm³/mol. The van der Waals surface area contributed by atoms with Crippen LogP contribution in [0.4, 0.5) is 5.88 Å². The minimum atomic E-state index is -1.01. The monoisotopic (exact) mass is 223 g/mol. The number of hydrogen-bond acceptors (Lipinski definition) is 3. The van der Waals surface area contributed by atoms with Crippen LogP contribution in [-0.4, -0.2) is 24.7 Å². The first kappa shape index (κ1) is 11.0. The molecule has 1 saturated carbocycles. The Labute approximate surface area is 94.9 Å². The van der Waals surface area contributed by atoms with Gasteiger partial charge in [-0.15, -0.1) is 0 Å². The minimum Gasteiger partial charge on any atom is -0.475 e. The number of furan rings is 1. The van der Waals surface area contributed by atoms with Gasteiger partial charge in [-0.2, -0.15) is 0 Å². The highest BCUT2D eigenvalue weighted by molar-refractivity contribution is 5.84. The van der Waals surface area contributed by atoms with Crippen molar-refractivity contribution in [3.05, 3.63) is 17.9 Å². The van der Waals surface area contributed by atoms with Crippen LogP contribution in [0, 0.1) is 5.92 Å². The van der Waals surface area contributed by atoms with E-state index in [4.69, 9.17) is 9.52 Å². The molecule has 0 spiro atoms. The summed E-state index contributed by atoms with van der Waals surface area (Å²) in [5, 5.41) is 8.75. The molecule has 1 aliphatic carbocycles. The van der Waals surface area contributed by atoms with E-state index in [9.17, 15) is 4.79 Å². The summed E-state index contributed by atoms with van der Waals surface area (Å²) in [7, 11) is 1.95. The lowest BCUT2D eigenvalue weighted by Gasteiger charge is -2.19. The van der Waals surface area contributed by atoms with Crippen LogP contribution in [0.1, 0.15) is 36.2 Å². The maximum atomic E-state index is 10.7. The van der Waals surface area contributed by atoms with Crippen LogP contribution in [0.2, 0.25) is 0 Å². The van der Waals surface area contributed by atoms with E-state index >= 15 is 0 Å². The molecule has 0 saturated heterocycles. The minimum absolute atomic E-state index is 0.00766. The van der Waals surface area contributed by atoms with Crippen molar-refractivity contribution in [3.63, 3.8) is 0 Å². The molecule has 4 nitrogen and oxygen atoms in total. The molecule has 0 radical (unpaired) electrons. The van der Waals surface area contributed by atoms with Crippen LogP contribution in [0.25, 0.3) is 0 Å². The van der Waals surface area contributed by atoms with Crippen LogP contribution in [-0.2, 0) is 0 Å². The predicted octanol–water partition coefficient (Wildman–Crippen LogP) is 2.60. The molecule has 0 amide bonds. The maximum Gasteiger partial charge on any atom is 0.371 e. The van der Waals surface area contributed by atoms with Crippen molar-refractivity contribution in [3.8, 4) is 0 Å². The molecule has 0 aliphatic heterocycles. The number of nitrogens with zero attached hydrogens (tertiary/aromatic N) is 1. The Bertz CT molecular complexity index is 366. The van der Waals surface area contributed by atoms with Gasteiger partial charge in [0.15, 0.2) is 5.88 Å². The zero-order chi connectivity index (χ0) is 11.5. The van der Waals surface area contributed by atoms with Crippen molar-refractivity contribution >= 4 is 11.9 Å². The van der Waals surface area contributed by atoms with Gasteiger partial charge < -0.3 is 14.4 Å². The molecule has 16 heavy (non-hydrogen) atoms. The second kappa shape index (κ2) is 4.60. The molecule has 1 fully saturated rings. The summed E-state index contributed by atoms with van der Waals surface area (Å²) >= 11 is 0. The molecule has 1 N–H and O–H groups in total. The van der Waals surface area contributed by atoms with E-state index in [1.165, 1.54) is 31.7 Å². The summed E-state index contributed by atoms with van der Waals surface area (Å²) in [6, 6.07) is 3.22. The fraction of sp³-hybridized carbons (Fsp3) is 0.583. The van der Waals surface area contributed by atoms with E-state index < -0.39 is 5.97 Å². The third kappa shape index (κ3) is 2.38. The van der Waals surface area contributed by atoms with Gasteiger partial charge in [-0.1, -0.05) is 12.8 Å². The molecule has 0 unspecified atom stereocenters. The van der Waals surface area contributed by atoms with Gasteiger partial charge >= 0.3 is 5.97 Å². The largest absolute Gasteiger partial charge is 0.475 e. The Morgan fingerprint density at radius 2 is 2.19 bits per heavy atom. The van der Waals surface area contributed by atoms with Crippen LogP contribution < -0.4 is 4.90 Å². The topological polar surface area (TPSA) is 53.7 Å². The average Bonchev–Trinajstić information content (AvgIpc) is 2.86. The Balaban J connectivity index is 1.96. The SMILES string of the molecule is CN(CC1CCCC1)c1ccc(C(=O)O)o1. The van der Waals surface area contributed by atoms with E-state index in [-0.39, 0.29) is 5.76 Å². The van der Waals surface area contributed by atoms with Gasteiger partial charge in [-0.3, -0.25) is 0 Å². The lowest BCUT2D eigenvalue weighted by atomic mass is 10.1. The molecular weight excluding hydrogens is 206 g/mol. The summed E-state index contributed by atoms with van der Waals surface area (Å²) in [5.41, 5.74) is 0. The highest BCUT2D eigenvalue weighted by Crippen LogP contribution is 2.27. The van der Waals surface area contributed by atoms with Crippen molar-refractivity contribution in [2.75, 3.05) is 18.5 Å². The first-order chi connectivity index (χ1) is 7.66. The average molecular weight is 223 g/mol. The Morgan fingerprint density at radius 1 is 1.50 bits per heavy atom. The Morgan fingerprint density at radius 3 is 2.75 bits per heavy atom. The number of carbonyl (C=O) groups is 1.